The molecule has 4 rings (SSSR count). The van der Waals surface area contributed by atoms with Crippen molar-refractivity contribution < 1.29 is 18.7 Å². The number of amides is 2. The number of carbonyl (C=O) groups excluding carboxylic acids is 2. The second-order valence-corrected chi connectivity index (χ2v) is 7.18. The number of hydrogen-bond acceptors (Lipinski definition) is 6. The lowest BCUT2D eigenvalue weighted by molar-refractivity contribution is -0.117. The Labute approximate surface area is 177 Å². The van der Waals surface area contributed by atoms with Crippen LogP contribution in [0.2, 0.25) is 5.02 Å². The lowest BCUT2D eigenvalue weighted by Crippen LogP contribution is -2.24. The third-order valence-electron chi connectivity index (χ3n) is 4.70. The molecule has 1 fully saturated rings. The van der Waals surface area contributed by atoms with Crippen molar-refractivity contribution in [3.63, 3.8) is 0 Å². The monoisotopic (exact) mass is 426 g/mol. The summed E-state index contributed by atoms with van der Waals surface area (Å²) in [7, 11) is 0. The highest BCUT2D eigenvalue weighted by atomic mass is 35.5. The van der Waals surface area contributed by atoms with E-state index in [0.717, 1.165) is 11.4 Å². The number of aromatic nitrogens is 2. The predicted octanol–water partition coefficient (Wildman–Crippen LogP) is 3.89. The van der Waals surface area contributed by atoms with Gasteiger partial charge < -0.3 is 14.1 Å². The highest BCUT2D eigenvalue weighted by Gasteiger charge is 2.35. The fourth-order valence-corrected chi connectivity index (χ4v) is 3.36. The largest absolute Gasteiger partial charge is 0.494 e. The fraction of sp³-hybridized carbons (Fsp3) is 0.238. The van der Waals surface area contributed by atoms with Crippen LogP contribution in [-0.4, -0.2) is 35.2 Å². The summed E-state index contributed by atoms with van der Waals surface area (Å²) in [6, 6.07) is 13.8. The maximum Gasteiger partial charge on any atom is 0.322 e. The van der Waals surface area contributed by atoms with Crippen molar-refractivity contribution >= 4 is 35.1 Å². The Bertz CT molecular complexity index is 1050. The van der Waals surface area contributed by atoms with Crippen LogP contribution in [0.1, 0.15) is 35.5 Å². The molecule has 1 atom stereocenters. The van der Waals surface area contributed by atoms with Gasteiger partial charge in [0.1, 0.15) is 5.75 Å². The minimum absolute atomic E-state index is 0.0167. The van der Waals surface area contributed by atoms with E-state index < -0.39 is 0 Å². The van der Waals surface area contributed by atoms with Gasteiger partial charge in [-0.05, 0) is 55.5 Å². The van der Waals surface area contributed by atoms with Gasteiger partial charge in [-0.25, -0.2) is 0 Å². The highest BCUT2D eigenvalue weighted by molar-refractivity contribution is 6.30. The molecule has 0 aliphatic carbocycles. The number of nitrogens with one attached hydrogen (secondary N) is 1. The molecule has 1 saturated heterocycles. The van der Waals surface area contributed by atoms with Gasteiger partial charge in [0.15, 0.2) is 0 Å². The zero-order valence-electron chi connectivity index (χ0n) is 16.2. The molecule has 0 bridgehead atoms. The van der Waals surface area contributed by atoms with E-state index in [2.05, 4.69) is 15.5 Å². The molecule has 0 saturated carbocycles. The minimum Gasteiger partial charge on any atom is -0.494 e. The third kappa shape index (κ3) is 4.28. The van der Waals surface area contributed by atoms with Crippen molar-refractivity contribution in [2.75, 3.05) is 23.4 Å². The van der Waals surface area contributed by atoms with Crippen LogP contribution in [0.3, 0.4) is 0 Å². The number of rotatable bonds is 6. The summed E-state index contributed by atoms with van der Waals surface area (Å²) in [5, 5.41) is 11.0. The second kappa shape index (κ2) is 8.54. The Balaban J connectivity index is 1.41. The van der Waals surface area contributed by atoms with Gasteiger partial charge in [0.05, 0.1) is 12.5 Å². The molecule has 0 spiro atoms. The number of ether oxygens (including phenoxy) is 1. The Morgan fingerprint density at radius 2 is 1.93 bits per heavy atom. The van der Waals surface area contributed by atoms with E-state index in [1.165, 1.54) is 0 Å². The quantitative estimate of drug-likeness (QED) is 0.642. The second-order valence-electron chi connectivity index (χ2n) is 6.74. The number of carbonyl (C=O) groups is 2. The molecule has 9 heteroatoms. The molecule has 8 nitrogen and oxygen atoms in total. The van der Waals surface area contributed by atoms with E-state index >= 15 is 0 Å². The summed E-state index contributed by atoms with van der Waals surface area (Å²) in [6.45, 7) is 2.91. The average molecular weight is 427 g/mol. The first-order chi connectivity index (χ1) is 14.5. The van der Waals surface area contributed by atoms with Gasteiger partial charge >= 0.3 is 6.01 Å². The molecule has 1 N–H and O–H groups in total. The van der Waals surface area contributed by atoms with Crippen molar-refractivity contribution in [1.82, 2.24) is 10.2 Å². The summed E-state index contributed by atoms with van der Waals surface area (Å²) >= 11 is 5.83. The Morgan fingerprint density at radius 1 is 1.20 bits per heavy atom. The Hall–Kier alpha value is -3.39. The highest BCUT2D eigenvalue weighted by Crippen LogP contribution is 2.32. The van der Waals surface area contributed by atoms with Crippen LogP contribution in [0.5, 0.6) is 5.75 Å². The summed E-state index contributed by atoms with van der Waals surface area (Å²) in [4.78, 5) is 26.4. The summed E-state index contributed by atoms with van der Waals surface area (Å²) in [5.41, 5.74) is 1.19. The number of anilines is 2. The minimum atomic E-state index is -0.389. The molecule has 2 aromatic carbocycles. The number of hydrogen-bond donors (Lipinski definition) is 1. The predicted molar refractivity (Wildman–Crippen MR) is 111 cm³/mol. The third-order valence-corrected chi connectivity index (χ3v) is 4.95. The molecule has 0 unspecified atom stereocenters. The smallest absolute Gasteiger partial charge is 0.322 e. The van der Waals surface area contributed by atoms with Crippen LogP contribution in [0.4, 0.5) is 11.7 Å². The van der Waals surface area contributed by atoms with Crippen molar-refractivity contribution in [3.05, 3.63) is 65.0 Å². The SMILES string of the molecule is CCOc1ccc(N2C[C@@H](c3nnc(NC(=O)c4ccc(Cl)cc4)o3)CC2=O)cc1. The molecular weight excluding hydrogens is 408 g/mol. The van der Waals surface area contributed by atoms with Crippen molar-refractivity contribution in [3.8, 4) is 5.75 Å². The molecule has 30 heavy (non-hydrogen) atoms. The van der Waals surface area contributed by atoms with Gasteiger partial charge in [-0.15, -0.1) is 5.10 Å². The van der Waals surface area contributed by atoms with Gasteiger partial charge in [-0.3, -0.25) is 14.9 Å². The molecule has 2 heterocycles. The molecule has 154 valence electrons. The van der Waals surface area contributed by atoms with E-state index in [0.29, 0.717) is 29.6 Å². The van der Waals surface area contributed by atoms with E-state index in [4.69, 9.17) is 20.8 Å². The van der Waals surface area contributed by atoms with Crippen molar-refractivity contribution in [2.45, 2.75) is 19.3 Å². The Kier molecular flexibility index (Phi) is 5.67. The van der Waals surface area contributed by atoms with Crippen LogP contribution in [0.15, 0.2) is 52.9 Å². The number of halogens is 1. The first-order valence-electron chi connectivity index (χ1n) is 9.47. The number of benzene rings is 2. The van der Waals surface area contributed by atoms with E-state index in [-0.39, 0.29) is 30.2 Å². The van der Waals surface area contributed by atoms with E-state index in [9.17, 15) is 9.59 Å². The molecular formula is C21H19ClN4O4. The lowest BCUT2D eigenvalue weighted by Gasteiger charge is -2.16. The van der Waals surface area contributed by atoms with Crippen molar-refractivity contribution in [2.24, 2.45) is 0 Å². The zero-order valence-corrected chi connectivity index (χ0v) is 16.9. The standard InChI is InChI=1S/C21H19ClN4O4/c1-2-29-17-9-7-16(8-10-17)26-12-14(11-18(26)27)20-24-25-21(30-20)23-19(28)13-3-5-15(22)6-4-13/h3-10,14H,2,11-12H2,1H3,(H,23,25,28)/t14-/m0/s1. The topological polar surface area (TPSA) is 97.6 Å². The fourth-order valence-electron chi connectivity index (χ4n) is 3.23. The van der Waals surface area contributed by atoms with Gasteiger partial charge in [0.25, 0.3) is 5.91 Å². The number of nitrogens with zero attached hydrogens (tertiary/aromatic N) is 3. The molecule has 1 aliphatic heterocycles. The van der Waals surface area contributed by atoms with Crippen LogP contribution in [0.25, 0.3) is 0 Å². The summed E-state index contributed by atoms with van der Waals surface area (Å²) < 4.78 is 11.0. The van der Waals surface area contributed by atoms with Crippen LogP contribution < -0.4 is 15.0 Å². The molecule has 3 aromatic rings. The Morgan fingerprint density at radius 3 is 2.63 bits per heavy atom. The first kappa shape index (κ1) is 19.9. The molecule has 1 aromatic heterocycles. The van der Waals surface area contributed by atoms with Gasteiger partial charge in [-0.1, -0.05) is 16.7 Å². The molecule has 0 radical (unpaired) electrons. The van der Waals surface area contributed by atoms with Crippen LogP contribution in [0, 0.1) is 0 Å². The van der Waals surface area contributed by atoms with E-state index in [1.54, 1.807) is 29.2 Å². The van der Waals surface area contributed by atoms with Gasteiger partial charge in [-0.2, -0.15) is 0 Å². The lowest BCUT2D eigenvalue weighted by atomic mass is 10.1. The van der Waals surface area contributed by atoms with Gasteiger partial charge in [0.2, 0.25) is 11.8 Å². The van der Waals surface area contributed by atoms with Crippen LogP contribution >= 0.6 is 11.6 Å². The van der Waals surface area contributed by atoms with E-state index in [1.807, 2.05) is 31.2 Å². The normalized spacial score (nSPS) is 16.0. The summed E-state index contributed by atoms with van der Waals surface area (Å²) in [6.07, 6.45) is 0.250. The van der Waals surface area contributed by atoms with Gasteiger partial charge in [0, 0.05) is 29.2 Å². The maximum absolute atomic E-state index is 12.5. The van der Waals surface area contributed by atoms with Crippen molar-refractivity contribution in [1.29, 1.82) is 0 Å². The van der Waals surface area contributed by atoms with Crippen LogP contribution in [-0.2, 0) is 4.79 Å². The maximum atomic E-state index is 12.5. The molecule has 2 amide bonds. The zero-order chi connectivity index (χ0) is 21.1. The average Bonchev–Trinajstić information content (AvgIpc) is 3.36. The first-order valence-corrected chi connectivity index (χ1v) is 9.85. The summed E-state index contributed by atoms with van der Waals surface area (Å²) in [5.74, 6) is 0.387. The molecule has 1 aliphatic rings.